The van der Waals surface area contributed by atoms with Crippen LogP contribution >= 0.6 is 15.9 Å². The van der Waals surface area contributed by atoms with Gasteiger partial charge in [-0.3, -0.25) is 9.89 Å². The van der Waals surface area contributed by atoms with Gasteiger partial charge in [0, 0.05) is 39.3 Å². The van der Waals surface area contributed by atoms with Crippen molar-refractivity contribution in [3.05, 3.63) is 56.8 Å². The van der Waals surface area contributed by atoms with E-state index < -0.39 is 0 Å². The molecule has 0 bridgehead atoms. The van der Waals surface area contributed by atoms with Crippen LogP contribution in [0.1, 0.15) is 49.4 Å². The second kappa shape index (κ2) is 5.31. The molecule has 0 spiro atoms. The number of Topliss-reactive ketones (excluding diaryl/α,β-unsaturated/α-hetero) is 1. The molecule has 0 amide bonds. The van der Waals surface area contributed by atoms with Crippen molar-refractivity contribution in [3.63, 3.8) is 0 Å². The molecule has 2 aromatic rings. The number of benzene rings is 1. The lowest BCUT2D eigenvalue weighted by atomic mass is 9.69. The molecule has 0 radical (unpaired) electrons. The molecule has 2 aliphatic rings. The lowest BCUT2D eigenvalue weighted by molar-refractivity contribution is -0.118. The Morgan fingerprint density at radius 3 is 2.83 bits per heavy atom. The summed E-state index contributed by atoms with van der Waals surface area (Å²) in [6.07, 6.45) is 1.45. The highest BCUT2D eigenvalue weighted by Crippen LogP contribution is 2.49. The predicted molar refractivity (Wildman–Crippen MR) is 98.0 cm³/mol. The minimum Gasteiger partial charge on any atom is -0.342 e. The fourth-order valence-corrected chi connectivity index (χ4v) is 4.39. The summed E-state index contributed by atoms with van der Waals surface area (Å²) in [6, 6.07) is 8.22. The Hall–Kier alpha value is -1.88. The Balaban J connectivity index is 1.95. The molecule has 1 aliphatic heterocycles. The summed E-state index contributed by atoms with van der Waals surface area (Å²) in [4.78, 5) is 13.0. The Bertz CT molecular complexity index is 878. The number of aromatic nitrogens is 2. The van der Waals surface area contributed by atoms with Gasteiger partial charge >= 0.3 is 0 Å². The molecule has 24 heavy (non-hydrogen) atoms. The number of fused-ring (bicyclic) bond motifs is 1. The number of anilines is 1. The van der Waals surface area contributed by atoms with Gasteiger partial charge in [0.2, 0.25) is 0 Å². The van der Waals surface area contributed by atoms with Gasteiger partial charge in [-0.15, -0.1) is 0 Å². The molecule has 1 unspecified atom stereocenters. The number of allylic oxidation sites excluding steroid dienone is 2. The maximum absolute atomic E-state index is 13.0. The van der Waals surface area contributed by atoms with Crippen molar-refractivity contribution in [1.29, 1.82) is 0 Å². The number of hydrogen-bond donors (Lipinski definition) is 2. The highest BCUT2D eigenvalue weighted by molar-refractivity contribution is 9.10. The average molecular weight is 386 g/mol. The van der Waals surface area contributed by atoms with E-state index in [9.17, 15) is 4.79 Å². The molecular formula is C19H20BrN3O. The fourth-order valence-electron chi connectivity index (χ4n) is 3.97. The maximum Gasteiger partial charge on any atom is 0.162 e. The van der Waals surface area contributed by atoms with Gasteiger partial charge in [-0.05, 0) is 36.5 Å². The highest BCUT2D eigenvalue weighted by Gasteiger charge is 2.42. The van der Waals surface area contributed by atoms with Gasteiger partial charge in [0.1, 0.15) is 0 Å². The molecular weight excluding hydrogens is 366 g/mol. The summed E-state index contributed by atoms with van der Waals surface area (Å²) < 4.78 is 1.02. The van der Waals surface area contributed by atoms with E-state index in [4.69, 9.17) is 0 Å². The molecule has 1 aromatic heterocycles. The number of nitrogens with zero attached hydrogens (tertiary/aromatic N) is 1. The number of aromatic amines is 1. The van der Waals surface area contributed by atoms with Crippen molar-refractivity contribution >= 4 is 27.5 Å². The molecule has 2 N–H and O–H groups in total. The summed E-state index contributed by atoms with van der Waals surface area (Å²) in [6.45, 7) is 6.31. The van der Waals surface area contributed by atoms with Crippen molar-refractivity contribution in [2.24, 2.45) is 5.41 Å². The summed E-state index contributed by atoms with van der Waals surface area (Å²) in [5.74, 6) is 1.03. The maximum atomic E-state index is 13.0. The minimum atomic E-state index is -0.0592. The molecule has 0 saturated heterocycles. The van der Waals surface area contributed by atoms with Gasteiger partial charge in [-0.1, -0.05) is 41.9 Å². The molecule has 0 fully saturated rings. The van der Waals surface area contributed by atoms with Crippen molar-refractivity contribution in [1.82, 2.24) is 10.2 Å². The van der Waals surface area contributed by atoms with Crippen molar-refractivity contribution < 1.29 is 4.79 Å². The molecule has 5 heteroatoms. The van der Waals surface area contributed by atoms with Gasteiger partial charge in [0.25, 0.3) is 0 Å². The standard InChI is InChI=1S/C19H20BrN3O/c1-10-15-16(11-5-4-6-12(20)7-11)17-13(21-18(15)23-22-10)8-19(2,3)9-14(17)24/h4-7,16H,8-9H2,1-3H3,(H2,21,22,23). The van der Waals surface area contributed by atoms with Crippen LogP contribution in [-0.2, 0) is 4.79 Å². The molecule has 1 aromatic carbocycles. The number of rotatable bonds is 1. The summed E-state index contributed by atoms with van der Waals surface area (Å²) in [5, 5.41) is 10.9. The van der Waals surface area contributed by atoms with Crippen molar-refractivity contribution in [3.8, 4) is 0 Å². The van der Waals surface area contributed by atoms with Gasteiger partial charge in [-0.2, -0.15) is 5.10 Å². The van der Waals surface area contributed by atoms with E-state index in [0.29, 0.717) is 6.42 Å². The van der Waals surface area contributed by atoms with E-state index >= 15 is 0 Å². The fraction of sp³-hybridized carbons (Fsp3) is 0.368. The monoisotopic (exact) mass is 385 g/mol. The smallest absolute Gasteiger partial charge is 0.162 e. The van der Waals surface area contributed by atoms with Crippen LogP contribution in [0.2, 0.25) is 0 Å². The Morgan fingerprint density at radius 2 is 2.08 bits per heavy atom. The van der Waals surface area contributed by atoms with Crippen LogP contribution in [0.15, 0.2) is 40.0 Å². The van der Waals surface area contributed by atoms with E-state index in [1.165, 1.54) is 0 Å². The Morgan fingerprint density at radius 1 is 1.29 bits per heavy atom. The van der Waals surface area contributed by atoms with E-state index in [2.05, 4.69) is 57.4 Å². The van der Waals surface area contributed by atoms with Gasteiger partial charge in [0.05, 0.1) is 0 Å². The molecule has 1 aliphatic carbocycles. The topological polar surface area (TPSA) is 57.8 Å². The van der Waals surface area contributed by atoms with Crippen LogP contribution in [-0.4, -0.2) is 16.0 Å². The van der Waals surface area contributed by atoms with Gasteiger partial charge in [0.15, 0.2) is 11.6 Å². The van der Waals surface area contributed by atoms with Gasteiger partial charge < -0.3 is 5.32 Å². The molecule has 0 saturated carbocycles. The van der Waals surface area contributed by atoms with Crippen LogP contribution in [0.3, 0.4) is 0 Å². The van der Waals surface area contributed by atoms with E-state index in [0.717, 1.165) is 44.8 Å². The number of nitrogens with one attached hydrogen (secondary N) is 2. The first-order chi connectivity index (χ1) is 11.4. The largest absolute Gasteiger partial charge is 0.342 e. The van der Waals surface area contributed by atoms with Crippen LogP contribution in [0.4, 0.5) is 5.82 Å². The number of H-pyrrole nitrogens is 1. The number of carbonyl (C=O) groups excluding carboxylic acids is 1. The molecule has 2 heterocycles. The quantitative estimate of drug-likeness (QED) is 0.748. The summed E-state index contributed by atoms with van der Waals surface area (Å²) in [5.41, 5.74) is 5.13. The van der Waals surface area contributed by atoms with E-state index in [-0.39, 0.29) is 17.1 Å². The zero-order valence-corrected chi connectivity index (χ0v) is 15.6. The Kier molecular flexibility index (Phi) is 3.46. The average Bonchev–Trinajstić information content (AvgIpc) is 2.85. The number of ketones is 1. The van der Waals surface area contributed by atoms with Crippen molar-refractivity contribution in [2.75, 3.05) is 5.32 Å². The lowest BCUT2D eigenvalue weighted by Gasteiger charge is -2.38. The Labute approximate surface area is 149 Å². The van der Waals surface area contributed by atoms with Crippen molar-refractivity contribution in [2.45, 2.75) is 39.5 Å². The second-order valence-electron chi connectivity index (χ2n) is 7.56. The van der Waals surface area contributed by atoms with Crippen LogP contribution in [0, 0.1) is 12.3 Å². The van der Waals surface area contributed by atoms with Crippen LogP contribution < -0.4 is 5.32 Å². The zero-order chi connectivity index (χ0) is 17.1. The lowest BCUT2D eigenvalue weighted by Crippen LogP contribution is -2.33. The first kappa shape index (κ1) is 15.6. The molecule has 1 atom stereocenters. The second-order valence-corrected chi connectivity index (χ2v) is 8.47. The SMILES string of the molecule is Cc1[nH]nc2c1C(c1cccc(Br)c1)C1=C(CC(C)(C)CC1=O)N2. The number of aryl methyl sites for hydroxylation is 1. The summed E-state index contributed by atoms with van der Waals surface area (Å²) >= 11 is 3.56. The zero-order valence-electron chi connectivity index (χ0n) is 14.0. The molecule has 4 nitrogen and oxygen atoms in total. The molecule has 124 valence electrons. The normalized spacial score (nSPS) is 22.0. The number of halogens is 1. The third kappa shape index (κ3) is 2.42. The number of hydrogen-bond acceptors (Lipinski definition) is 3. The first-order valence-electron chi connectivity index (χ1n) is 8.19. The minimum absolute atomic E-state index is 0.0202. The van der Waals surface area contributed by atoms with E-state index in [1.54, 1.807) is 0 Å². The first-order valence-corrected chi connectivity index (χ1v) is 8.98. The molecule has 4 rings (SSSR count). The van der Waals surface area contributed by atoms with E-state index in [1.807, 2.05) is 19.1 Å². The highest BCUT2D eigenvalue weighted by atomic mass is 79.9. The van der Waals surface area contributed by atoms with Gasteiger partial charge in [-0.25, -0.2) is 0 Å². The predicted octanol–water partition coefficient (Wildman–Crippen LogP) is 4.68. The summed E-state index contributed by atoms with van der Waals surface area (Å²) in [7, 11) is 0. The van der Waals surface area contributed by atoms with Crippen LogP contribution in [0.25, 0.3) is 0 Å². The third-order valence-electron chi connectivity index (χ3n) is 4.94. The van der Waals surface area contributed by atoms with Crippen LogP contribution in [0.5, 0.6) is 0 Å². The third-order valence-corrected chi connectivity index (χ3v) is 5.44. The number of carbonyl (C=O) groups is 1.